The van der Waals surface area contributed by atoms with E-state index in [0.29, 0.717) is 6.42 Å². The van der Waals surface area contributed by atoms with E-state index >= 15 is 0 Å². The first-order valence-electron chi connectivity index (χ1n) is 8.41. The van der Waals surface area contributed by atoms with Crippen LogP contribution in [0.1, 0.15) is 22.9 Å². The summed E-state index contributed by atoms with van der Waals surface area (Å²) in [5, 5.41) is 6.31. The van der Waals surface area contributed by atoms with E-state index in [1.165, 1.54) is 0 Å². The number of carbonyl (C=O) groups is 1. The molecule has 0 spiro atoms. The summed E-state index contributed by atoms with van der Waals surface area (Å²) in [6.45, 7) is -0.284. The lowest BCUT2D eigenvalue weighted by Gasteiger charge is -2.19. The van der Waals surface area contributed by atoms with E-state index in [1.54, 1.807) is 0 Å². The van der Waals surface area contributed by atoms with Gasteiger partial charge in [0.25, 0.3) is 0 Å². The molecule has 4 nitrogen and oxygen atoms in total. The van der Waals surface area contributed by atoms with Crippen LogP contribution >= 0.6 is 0 Å². The number of nitrogens with one attached hydrogen (secondary N) is 1. The summed E-state index contributed by atoms with van der Waals surface area (Å²) in [7, 11) is 0. The Bertz CT molecular complexity index is 876. The summed E-state index contributed by atoms with van der Waals surface area (Å²) in [6, 6.07) is 19.7. The summed E-state index contributed by atoms with van der Waals surface area (Å²) < 4.78 is 38.9. The maximum absolute atomic E-state index is 12.6. The number of hydrogen-bond acceptors (Lipinski definition) is 2. The van der Waals surface area contributed by atoms with Gasteiger partial charge in [-0.2, -0.15) is 18.3 Å². The largest absolute Gasteiger partial charge is 0.435 e. The fraction of sp³-hybridized carbons (Fsp3) is 0.200. The first kappa shape index (κ1) is 18.7. The number of benzene rings is 2. The molecule has 1 N–H and O–H groups in total. The van der Waals surface area contributed by atoms with Gasteiger partial charge >= 0.3 is 6.18 Å². The Morgan fingerprint density at radius 2 is 1.63 bits per heavy atom. The van der Waals surface area contributed by atoms with Gasteiger partial charge in [-0.1, -0.05) is 60.7 Å². The molecule has 0 aliphatic carbocycles. The Labute approximate surface area is 154 Å². The van der Waals surface area contributed by atoms with Crippen LogP contribution in [0.25, 0.3) is 0 Å². The molecule has 0 saturated carbocycles. The molecule has 3 aromatic rings. The highest BCUT2D eigenvalue weighted by Gasteiger charge is 2.33. The molecule has 7 heteroatoms. The molecule has 1 amide bonds. The van der Waals surface area contributed by atoms with Crippen LogP contribution in [0.5, 0.6) is 0 Å². The number of alkyl halides is 3. The zero-order valence-corrected chi connectivity index (χ0v) is 14.4. The molecule has 0 bridgehead atoms. The molecule has 1 atom stereocenters. The van der Waals surface area contributed by atoms with Crippen molar-refractivity contribution in [1.29, 1.82) is 0 Å². The van der Waals surface area contributed by atoms with E-state index in [2.05, 4.69) is 10.4 Å². The molecule has 0 fully saturated rings. The minimum absolute atomic E-state index is 0.284. The van der Waals surface area contributed by atoms with Crippen molar-refractivity contribution >= 4 is 5.91 Å². The normalized spacial score (nSPS) is 12.6. The second-order valence-electron chi connectivity index (χ2n) is 6.12. The molecule has 2 aromatic carbocycles. The van der Waals surface area contributed by atoms with Crippen molar-refractivity contribution < 1.29 is 18.0 Å². The maximum Gasteiger partial charge on any atom is 0.435 e. The first-order valence-corrected chi connectivity index (χ1v) is 8.41. The minimum Gasteiger partial charge on any atom is -0.347 e. The number of amides is 1. The number of halogens is 3. The third-order valence-electron chi connectivity index (χ3n) is 4.06. The molecule has 0 aliphatic heterocycles. The average molecular weight is 373 g/mol. The molecule has 0 aliphatic rings. The molecule has 27 heavy (non-hydrogen) atoms. The Hall–Kier alpha value is -3.09. The summed E-state index contributed by atoms with van der Waals surface area (Å²) in [5.74, 6) is -0.406. The number of nitrogens with zero attached hydrogens (tertiary/aromatic N) is 2. The molecule has 1 aromatic heterocycles. The van der Waals surface area contributed by atoms with Gasteiger partial charge in [0.2, 0.25) is 5.91 Å². The van der Waals surface area contributed by atoms with E-state index in [4.69, 9.17) is 0 Å². The van der Waals surface area contributed by atoms with Gasteiger partial charge in [-0.3, -0.25) is 9.48 Å². The molecular weight excluding hydrogens is 355 g/mol. The smallest absolute Gasteiger partial charge is 0.347 e. The molecule has 3 rings (SSSR count). The Kier molecular flexibility index (Phi) is 5.59. The lowest BCUT2D eigenvalue weighted by atomic mass is 9.99. The lowest BCUT2D eigenvalue weighted by Crippen LogP contribution is -2.33. The standard InChI is InChI=1S/C20H18F3N3O/c21-20(22,23)18-11-12-26(25-18)14-19(27)24-17(16-9-5-2-6-10-16)13-15-7-3-1-4-8-15/h1-12,17H,13-14H2,(H,24,27)/t17-/m0/s1. The van der Waals surface area contributed by atoms with Crippen molar-refractivity contribution in [3.05, 3.63) is 89.7 Å². The number of hydrogen-bond donors (Lipinski definition) is 1. The van der Waals surface area contributed by atoms with E-state index in [1.807, 2.05) is 60.7 Å². The second kappa shape index (κ2) is 8.07. The topological polar surface area (TPSA) is 46.9 Å². The summed E-state index contributed by atoms with van der Waals surface area (Å²) in [4.78, 5) is 12.4. The zero-order valence-electron chi connectivity index (χ0n) is 14.4. The SMILES string of the molecule is O=C(Cn1ccc(C(F)(F)F)n1)N[C@@H](Cc1ccccc1)c1ccccc1. The summed E-state index contributed by atoms with van der Waals surface area (Å²) in [6.07, 6.45) is -2.80. The highest BCUT2D eigenvalue weighted by atomic mass is 19.4. The van der Waals surface area contributed by atoms with E-state index < -0.39 is 17.8 Å². The highest BCUT2D eigenvalue weighted by molar-refractivity contribution is 5.76. The van der Waals surface area contributed by atoms with Gasteiger partial charge in [0.15, 0.2) is 5.69 Å². The summed E-state index contributed by atoms with van der Waals surface area (Å²) >= 11 is 0. The number of carbonyl (C=O) groups excluding carboxylic acids is 1. The molecule has 0 saturated heterocycles. The van der Waals surface area contributed by atoms with Gasteiger partial charge in [0, 0.05) is 6.20 Å². The van der Waals surface area contributed by atoms with Gasteiger partial charge in [0.05, 0.1) is 6.04 Å². The predicted molar refractivity (Wildman–Crippen MR) is 94.7 cm³/mol. The van der Waals surface area contributed by atoms with E-state index in [9.17, 15) is 18.0 Å². The quantitative estimate of drug-likeness (QED) is 0.710. The Morgan fingerprint density at radius 1 is 1.00 bits per heavy atom. The van der Waals surface area contributed by atoms with Crippen molar-refractivity contribution in [3.63, 3.8) is 0 Å². The second-order valence-corrected chi connectivity index (χ2v) is 6.12. The van der Waals surface area contributed by atoms with Gasteiger partial charge in [-0.05, 0) is 23.6 Å². The van der Waals surface area contributed by atoms with Crippen LogP contribution in [-0.4, -0.2) is 15.7 Å². The van der Waals surface area contributed by atoms with Crippen LogP contribution < -0.4 is 5.32 Å². The van der Waals surface area contributed by atoms with E-state index in [0.717, 1.165) is 28.1 Å². The fourth-order valence-corrected chi connectivity index (χ4v) is 2.78. The van der Waals surface area contributed by atoms with Crippen LogP contribution in [0.3, 0.4) is 0 Å². The number of rotatable bonds is 6. The fourth-order valence-electron chi connectivity index (χ4n) is 2.78. The summed E-state index contributed by atoms with van der Waals surface area (Å²) in [5.41, 5.74) is 0.954. The van der Waals surface area contributed by atoms with Crippen molar-refractivity contribution in [1.82, 2.24) is 15.1 Å². The third kappa shape index (κ3) is 5.20. The van der Waals surface area contributed by atoms with Crippen LogP contribution in [0.15, 0.2) is 72.9 Å². The van der Waals surface area contributed by atoms with Gasteiger partial charge < -0.3 is 5.32 Å². The van der Waals surface area contributed by atoms with Crippen LogP contribution in [0.2, 0.25) is 0 Å². The van der Waals surface area contributed by atoms with Crippen molar-refractivity contribution in [2.24, 2.45) is 0 Å². The van der Waals surface area contributed by atoms with Gasteiger partial charge in [0.1, 0.15) is 6.54 Å². The Balaban J connectivity index is 1.71. The third-order valence-corrected chi connectivity index (χ3v) is 4.06. The zero-order chi connectivity index (χ0) is 19.3. The van der Waals surface area contributed by atoms with Gasteiger partial charge in [-0.15, -0.1) is 0 Å². The average Bonchev–Trinajstić information content (AvgIpc) is 3.11. The highest BCUT2D eigenvalue weighted by Crippen LogP contribution is 2.27. The minimum atomic E-state index is -4.53. The molecule has 140 valence electrons. The Morgan fingerprint density at radius 3 is 2.22 bits per heavy atom. The lowest BCUT2D eigenvalue weighted by molar-refractivity contribution is -0.141. The van der Waals surface area contributed by atoms with Crippen LogP contribution in [0, 0.1) is 0 Å². The molecular formula is C20H18F3N3O. The predicted octanol–water partition coefficient (Wildman–Crippen LogP) is 4.00. The molecule has 1 heterocycles. The van der Waals surface area contributed by atoms with Crippen molar-refractivity contribution in [2.45, 2.75) is 25.2 Å². The number of aromatic nitrogens is 2. The van der Waals surface area contributed by atoms with Crippen molar-refractivity contribution in [2.75, 3.05) is 0 Å². The molecule has 0 radical (unpaired) electrons. The van der Waals surface area contributed by atoms with E-state index in [-0.39, 0.29) is 12.6 Å². The molecule has 0 unspecified atom stereocenters. The van der Waals surface area contributed by atoms with Crippen molar-refractivity contribution in [3.8, 4) is 0 Å². The van der Waals surface area contributed by atoms with Gasteiger partial charge in [-0.25, -0.2) is 0 Å². The monoisotopic (exact) mass is 373 g/mol. The van der Waals surface area contributed by atoms with Crippen LogP contribution in [0.4, 0.5) is 13.2 Å². The van der Waals surface area contributed by atoms with Crippen LogP contribution in [-0.2, 0) is 23.9 Å². The first-order chi connectivity index (χ1) is 12.9. The maximum atomic E-state index is 12.6.